The van der Waals surface area contributed by atoms with Crippen LogP contribution in [0.25, 0.3) is 0 Å². The van der Waals surface area contributed by atoms with Crippen molar-refractivity contribution in [1.29, 1.82) is 0 Å². The molecule has 66 valence electrons. The van der Waals surface area contributed by atoms with Gasteiger partial charge in [0.15, 0.2) is 0 Å². The van der Waals surface area contributed by atoms with Crippen LogP contribution in [0.15, 0.2) is 29.2 Å². The topological polar surface area (TPSA) is 20.2 Å². The lowest BCUT2D eigenvalue weighted by atomic mass is 10.1. The predicted molar refractivity (Wildman–Crippen MR) is 53.6 cm³/mol. The summed E-state index contributed by atoms with van der Waals surface area (Å²) in [5.41, 5.74) is 0.981. The third kappa shape index (κ3) is 2.54. The Morgan fingerprint density at radius 1 is 1.33 bits per heavy atom. The van der Waals surface area contributed by atoms with Gasteiger partial charge >= 0.3 is 0 Å². The van der Waals surface area contributed by atoms with E-state index in [0.717, 1.165) is 23.3 Å². The number of hydrogen-bond acceptors (Lipinski definition) is 2. The van der Waals surface area contributed by atoms with Crippen molar-refractivity contribution < 1.29 is 5.11 Å². The SMILES string of the molecule is CCCC(O)c1ccc(S)cc1. The number of benzene rings is 1. The van der Waals surface area contributed by atoms with Crippen LogP contribution in [0.4, 0.5) is 0 Å². The lowest BCUT2D eigenvalue weighted by Crippen LogP contribution is -1.95. The predicted octanol–water partition coefficient (Wildman–Crippen LogP) is 2.81. The maximum atomic E-state index is 9.59. The van der Waals surface area contributed by atoms with Gasteiger partial charge in [0, 0.05) is 4.90 Å². The van der Waals surface area contributed by atoms with Gasteiger partial charge in [0.1, 0.15) is 0 Å². The average Bonchev–Trinajstić information content (AvgIpc) is 2.06. The summed E-state index contributed by atoms with van der Waals surface area (Å²) in [7, 11) is 0. The second kappa shape index (κ2) is 4.53. The zero-order chi connectivity index (χ0) is 8.97. The molecule has 0 saturated carbocycles. The highest BCUT2D eigenvalue weighted by Crippen LogP contribution is 2.19. The molecule has 0 heterocycles. The molecule has 1 aromatic carbocycles. The Hall–Kier alpha value is -0.470. The van der Waals surface area contributed by atoms with Crippen LogP contribution in [0.2, 0.25) is 0 Å². The summed E-state index contributed by atoms with van der Waals surface area (Å²) in [6.45, 7) is 2.07. The maximum absolute atomic E-state index is 9.59. The molecule has 0 amide bonds. The third-order valence-corrected chi connectivity index (χ3v) is 2.14. The summed E-state index contributed by atoms with van der Waals surface area (Å²) in [4.78, 5) is 0.933. The minimum absolute atomic E-state index is 0.316. The van der Waals surface area contributed by atoms with Crippen molar-refractivity contribution in [2.45, 2.75) is 30.8 Å². The monoisotopic (exact) mass is 182 g/mol. The van der Waals surface area contributed by atoms with Crippen molar-refractivity contribution >= 4 is 12.6 Å². The van der Waals surface area contributed by atoms with Gasteiger partial charge in [-0.2, -0.15) is 0 Å². The van der Waals surface area contributed by atoms with E-state index in [0.29, 0.717) is 0 Å². The molecule has 0 aromatic heterocycles. The van der Waals surface area contributed by atoms with Crippen LogP contribution in [0, 0.1) is 0 Å². The van der Waals surface area contributed by atoms with Crippen molar-refractivity contribution in [2.75, 3.05) is 0 Å². The fraction of sp³-hybridized carbons (Fsp3) is 0.400. The van der Waals surface area contributed by atoms with Gasteiger partial charge in [-0.1, -0.05) is 25.5 Å². The van der Waals surface area contributed by atoms with Gasteiger partial charge in [-0.15, -0.1) is 12.6 Å². The Morgan fingerprint density at radius 3 is 2.42 bits per heavy atom. The van der Waals surface area contributed by atoms with E-state index in [9.17, 15) is 5.11 Å². The van der Waals surface area contributed by atoms with Crippen molar-refractivity contribution in [2.24, 2.45) is 0 Å². The van der Waals surface area contributed by atoms with Crippen molar-refractivity contribution in [3.63, 3.8) is 0 Å². The minimum atomic E-state index is -0.316. The molecule has 1 rings (SSSR count). The summed E-state index contributed by atoms with van der Waals surface area (Å²) in [6, 6.07) is 7.64. The Morgan fingerprint density at radius 2 is 1.92 bits per heavy atom. The van der Waals surface area contributed by atoms with Crippen LogP contribution in [0.1, 0.15) is 31.4 Å². The Balaban J connectivity index is 2.68. The van der Waals surface area contributed by atoms with Crippen LogP contribution in [-0.2, 0) is 0 Å². The summed E-state index contributed by atoms with van der Waals surface area (Å²) in [6.07, 6.45) is 1.51. The van der Waals surface area contributed by atoms with Crippen LogP contribution in [-0.4, -0.2) is 5.11 Å². The number of hydrogen-bond donors (Lipinski definition) is 2. The highest BCUT2D eigenvalue weighted by molar-refractivity contribution is 7.80. The number of rotatable bonds is 3. The van der Waals surface area contributed by atoms with E-state index < -0.39 is 0 Å². The number of aliphatic hydroxyl groups is 1. The molecule has 1 N–H and O–H groups in total. The highest BCUT2D eigenvalue weighted by atomic mass is 32.1. The highest BCUT2D eigenvalue weighted by Gasteiger charge is 2.04. The van der Waals surface area contributed by atoms with Gasteiger partial charge in [0.25, 0.3) is 0 Å². The van der Waals surface area contributed by atoms with E-state index in [2.05, 4.69) is 19.6 Å². The van der Waals surface area contributed by atoms with Crippen LogP contribution < -0.4 is 0 Å². The first-order chi connectivity index (χ1) is 5.74. The quantitative estimate of drug-likeness (QED) is 0.689. The fourth-order valence-corrected chi connectivity index (χ4v) is 1.29. The van der Waals surface area contributed by atoms with Crippen LogP contribution >= 0.6 is 12.6 Å². The molecule has 0 fully saturated rings. The van der Waals surface area contributed by atoms with E-state index in [1.54, 1.807) is 0 Å². The third-order valence-electron chi connectivity index (χ3n) is 1.84. The van der Waals surface area contributed by atoms with Gasteiger partial charge in [0.05, 0.1) is 6.10 Å². The van der Waals surface area contributed by atoms with Crippen molar-refractivity contribution in [1.82, 2.24) is 0 Å². The molecule has 0 aliphatic rings. The fourth-order valence-electron chi connectivity index (χ4n) is 1.14. The normalized spacial score (nSPS) is 12.9. The molecule has 0 aliphatic carbocycles. The first-order valence-corrected chi connectivity index (χ1v) is 4.65. The summed E-state index contributed by atoms with van der Waals surface area (Å²) >= 11 is 4.17. The molecule has 1 atom stereocenters. The average molecular weight is 182 g/mol. The van der Waals surface area contributed by atoms with E-state index >= 15 is 0 Å². The molecular weight excluding hydrogens is 168 g/mol. The maximum Gasteiger partial charge on any atom is 0.0790 e. The molecule has 1 unspecified atom stereocenters. The lowest BCUT2D eigenvalue weighted by Gasteiger charge is -2.08. The van der Waals surface area contributed by atoms with Gasteiger partial charge in [0.2, 0.25) is 0 Å². The zero-order valence-electron chi connectivity index (χ0n) is 7.20. The molecule has 0 radical (unpaired) electrons. The Bertz CT molecular complexity index is 230. The molecule has 1 aromatic rings. The smallest absolute Gasteiger partial charge is 0.0790 e. The first-order valence-electron chi connectivity index (χ1n) is 4.21. The number of thiol groups is 1. The summed E-state index contributed by atoms with van der Waals surface area (Å²) < 4.78 is 0. The van der Waals surface area contributed by atoms with E-state index in [4.69, 9.17) is 0 Å². The Kier molecular flexibility index (Phi) is 3.63. The Labute approximate surface area is 78.8 Å². The second-order valence-electron chi connectivity index (χ2n) is 2.90. The number of aliphatic hydroxyl groups excluding tert-OH is 1. The van der Waals surface area contributed by atoms with E-state index in [-0.39, 0.29) is 6.10 Å². The molecule has 0 saturated heterocycles. The zero-order valence-corrected chi connectivity index (χ0v) is 8.09. The van der Waals surface area contributed by atoms with Crippen LogP contribution in [0.5, 0.6) is 0 Å². The van der Waals surface area contributed by atoms with Crippen LogP contribution in [0.3, 0.4) is 0 Å². The first kappa shape index (κ1) is 9.62. The molecule has 0 aliphatic heterocycles. The molecule has 0 bridgehead atoms. The largest absolute Gasteiger partial charge is 0.388 e. The van der Waals surface area contributed by atoms with E-state index in [1.165, 1.54) is 0 Å². The molecule has 12 heavy (non-hydrogen) atoms. The molecule has 2 heteroatoms. The van der Waals surface area contributed by atoms with Gasteiger partial charge in [-0.05, 0) is 24.1 Å². The molecule has 0 spiro atoms. The van der Waals surface area contributed by atoms with E-state index in [1.807, 2.05) is 24.3 Å². The lowest BCUT2D eigenvalue weighted by molar-refractivity contribution is 0.166. The van der Waals surface area contributed by atoms with Crippen molar-refractivity contribution in [3.8, 4) is 0 Å². The standard InChI is InChI=1S/C10H14OS/c1-2-3-10(11)8-4-6-9(12)7-5-8/h4-7,10-12H,2-3H2,1H3. The van der Waals surface area contributed by atoms with Gasteiger partial charge < -0.3 is 5.11 Å². The molecular formula is C10H14OS. The van der Waals surface area contributed by atoms with Gasteiger partial charge in [-0.25, -0.2) is 0 Å². The van der Waals surface area contributed by atoms with Crippen molar-refractivity contribution in [3.05, 3.63) is 29.8 Å². The minimum Gasteiger partial charge on any atom is -0.388 e. The summed E-state index contributed by atoms with van der Waals surface area (Å²) in [5, 5.41) is 9.59. The molecule has 1 nitrogen and oxygen atoms in total. The summed E-state index contributed by atoms with van der Waals surface area (Å²) in [5.74, 6) is 0. The van der Waals surface area contributed by atoms with Gasteiger partial charge in [-0.3, -0.25) is 0 Å². The second-order valence-corrected chi connectivity index (χ2v) is 3.41.